The number of hydrogen-bond donors (Lipinski definition) is 0. The van der Waals surface area contributed by atoms with E-state index >= 15 is 0 Å². The maximum absolute atomic E-state index is 12.5. The van der Waals surface area contributed by atoms with Crippen molar-refractivity contribution in [3.8, 4) is 10.6 Å². The summed E-state index contributed by atoms with van der Waals surface area (Å²) < 4.78 is 42.7. The lowest BCUT2D eigenvalue weighted by molar-refractivity contribution is -0.140. The van der Waals surface area contributed by atoms with Crippen molar-refractivity contribution >= 4 is 22.3 Å². The summed E-state index contributed by atoms with van der Waals surface area (Å²) in [6, 6.07) is 7.16. The standard InChI is InChI=1S/C12H6F3NOS/c13-12(14,15)10-6-18-11(16-10)8-5-17-9-4-2-1-3-7(8)9/h1-6H. The first-order valence-corrected chi connectivity index (χ1v) is 5.93. The van der Waals surface area contributed by atoms with Crippen LogP contribution in [-0.4, -0.2) is 4.98 Å². The Balaban J connectivity index is 2.13. The molecule has 0 spiro atoms. The van der Waals surface area contributed by atoms with Crippen molar-refractivity contribution < 1.29 is 17.6 Å². The van der Waals surface area contributed by atoms with Gasteiger partial charge >= 0.3 is 6.18 Å². The number of nitrogens with zero attached hydrogens (tertiary/aromatic N) is 1. The molecule has 2 heterocycles. The molecule has 0 N–H and O–H groups in total. The lowest BCUT2D eigenvalue weighted by Crippen LogP contribution is -2.04. The third-order valence-electron chi connectivity index (χ3n) is 2.51. The van der Waals surface area contributed by atoms with Crippen LogP contribution in [0.3, 0.4) is 0 Å². The second kappa shape index (κ2) is 3.84. The van der Waals surface area contributed by atoms with Crippen molar-refractivity contribution in [2.45, 2.75) is 6.18 Å². The van der Waals surface area contributed by atoms with Crippen LogP contribution in [0.4, 0.5) is 13.2 Å². The van der Waals surface area contributed by atoms with Gasteiger partial charge in [-0.3, -0.25) is 0 Å². The Labute approximate surface area is 104 Å². The number of para-hydroxylation sites is 1. The molecule has 0 radical (unpaired) electrons. The molecule has 0 fully saturated rings. The molecule has 0 bridgehead atoms. The first kappa shape index (κ1) is 11.3. The van der Waals surface area contributed by atoms with Gasteiger partial charge in [0.05, 0.1) is 5.56 Å². The lowest BCUT2D eigenvalue weighted by Gasteiger charge is -1.99. The summed E-state index contributed by atoms with van der Waals surface area (Å²) >= 11 is 0.958. The number of furan rings is 1. The molecule has 3 aromatic rings. The summed E-state index contributed by atoms with van der Waals surface area (Å²) in [5.41, 5.74) is 0.357. The van der Waals surface area contributed by atoms with Crippen molar-refractivity contribution in [2.24, 2.45) is 0 Å². The molecule has 92 valence electrons. The Hall–Kier alpha value is -1.82. The second-order valence-electron chi connectivity index (χ2n) is 3.68. The Bertz CT molecular complexity index is 698. The molecule has 0 amide bonds. The molecule has 3 rings (SSSR count). The fraction of sp³-hybridized carbons (Fsp3) is 0.0833. The van der Waals surface area contributed by atoms with E-state index in [1.165, 1.54) is 6.26 Å². The average Bonchev–Trinajstić information content (AvgIpc) is 2.94. The van der Waals surface area contributed by atoms with Crippen molar-refractivity contribution in [3.05, 3.63) is 41.6 Å². The number of alkyl halides is 3. The van der Waals surface area contributed by atoms with Gasteiger partial charge in [0.25, 0.3) is 0 Å². The molecule has 0 saturated heterocycles. The predicted octanol–water partition coefficient (Wildman–Crippen LogP) is 4.58. The molecule has 18 heavy (non-hydrogen) atoms. The number of hydrogen-bond acceptors (Lipinski definition) is 3. The predicted molar refractivity (Wildman–Crippen MR) is 62.3 cm³/mol. The van der Waals surface area contributed by atoms with Crippen LogP contribution in [0.5, 0.6) is 0 Å². The highest BCUT2D eigenvalue weighted by Gasteiger charge is 2.34. The van der Waals surface area contributed by atoms with E-state index in [2.05, 4.69) is 4.98 Å². The summed E-state index contributed by atoms with van der Waals surface area (Å²) in [5.74, 6) is 0. The molecule has 0 saturated carbocycles. The van der Waals surface area contributed by atoms with E-state index in [1.54, 1.807) is 24.3 Å². The molecule has 0 aliphatic rings. The molecule has 0 aliphatic heterocycles. The van der Waals surface area contributed by atoms with E-state index in [1.807, 2.05) is 0 Å². The minimum atomic E-state index is -4.41. The summed E-state index contributed by atoms with van der Waals surface area (Å²) in [4.78, 5) is 3.61. The Morgan fingerprint density at radius 3 is 2.67 bits per heavy atom. The van der Waals surface area contributed by atoms with E-state index in [0.717, 1.165) is 22.1 Å². The molecule has 6 heteroatoms. The van der Waals surface area contributed by atoms with Crippen LogP contribution in [0, 0.1) is 0 Å². The average molecular weight is 269 g/mol. The monoisotopic (exact) mass is 269 g/mol. The van der Waals surface area contributed by atoms with Crippen molar-refractivity contribution in [1.82, 2.24) is 4.98 Å². The number of thiazole rings is 1. The zero-order chi connectivity index (χ0) is 12.8. The maximum atomic E-state index is 12.5. The van der Waals surface area contributed by atoms with Gasteiger partial charge in [-0.25, -0.2) is 4.98 Å². The fourth-order valence-electron chi connectivity index (χ4n) is 1.67. The molecule has 1 aromatic carbocycles. The fourth-order valence-corrected chi connectivity index (χ4v) is 2.52. The third kappa shape index (κ3) is 1.78. The summed E-state index contributed by atoms with van der Waals surface area (Å²) in [6.45, 7) is 0. The summed E-state index contributed by atoms with van der Waals surface area (Å²) in [5, 5.41) is 2.09. The van der Waals surface area contributed by atoms with Crippen LogP contribution in [0.1, 0.15) is 5.69 Å². The molecule has 0 atom stereocenters. The SMILES string of the molecule is FC(F)(F)c1csc(-c2coc3ccccc23)n1. The minimum Gasteiger partial charge on any atom is -0.464 e. The molecule has 2 aromatic heterocycles. The van der Waals surface area contributed by atoms with E-state index in [0.29, 0.717) is 16.2 Å². The zero-order valence-corrected chi connectivity index (χ0v) is 9.68. The van der Waals surface area contributed by atoms with Gasteiger partial charge in [-0.05, 0) is 6.07 Å². The van der Waals surface area contributed by atoms with Crippen LogP contribution < -0.4 is 0 Å². The summed E-state index contributed by atoms with van der Waals surface area (Å²) in [6.07, 6.45) is -2.97. The first-order chi connectivity index (χ1) is 8.55. The molecule has 0 aliphatic carbocycles. The van der Waals surface area contributed by atoms with Gasteiger partial charge in [-0.2, -0.15) is 13.2 Å². The lowest BCUT2D eigenvalue weighted by atomic mass is 10.2. The minimum absolute atomic E-state index is 0.312. The van der Waals surface area contributed by atoms with Crippen LogP contribution in [-0.2, 0) is 6.18 Å². The number of halogens is 3. The smallest absolute Gasteiger partial charge is 0.434 e. The summed E-state index contributed by atoms with van der Waals surface area (Å²) in [7, 11) is 0. The topological polar surface area (TPSA) is 26.0 Å². The van der Waals surface area contributed by atoms with E-state index in [-0.39, 0.29) is 0 Å². The van der Waals surface area contributed by atoms with Crippen molar-refractivity contribution in [3.63, 3.8) is 0 Å². The van der Waals surface area contributed by atoms with Crippen molar-refractivity contribution in [1.29, 1.82) is 0 Å². The van der Waals surface area contributed by atoms with E-state index in [9.17, 15) is 13.2 Å². The second-order valence-corrected chi connectivity index (χ2v) is 4.54. The van der Waals surface area contributed by atoms with Crippen LogP contribution in [0.25, 0.3) is 21.5 Å². The zero-order valence-electron chi connectivity index (χ0n) is 8.86. The highest BCUT2D eigenvalue weighted by Crippen LogP contribution is 2.36. The van der Waals surface area contributed by atoms with E-state index < -0.39 is 11.9 Å². The quantitative estimate of drug-likeness (QED) is 0.646. The number of rotatable bonds is 1. The molecular formula is C12H6F3NOS. The van der Waals surface area contributed by atoms with Gasteiger partial charge in [-0.1, -0.05) is 18.2 Å². The largest absolute Gasteiger partial charge is 0.464 e. The molecular weight excluding hydrogens is 263 g/mol. The molecule has 2 nitrogen and oxygen atoms in total. The van der Waals surface area contributed by atoms with Gasteiger partial charge in [0, 0.05) is 10.8 Å². The number of benzene rings is 1. The third-order valence-corrected chi connectivity index (χ3v) is 3.38. The van der Waals surface area contributed by atoms with Crippen molar-refractivity contribution in [2.75, 3.05) is 0 Å². The van der Waals surface area contributed by atoms with Gasteiger partial charge in [-0.15, -0.1) is 11.3 Å². The highest BCUT2D eigenvalue weighted by atomic mass is 32.1. The highest BCUT2D eigenvalue weighted by molar-refractivity contribution is 7.13. The maximum Gasteiger partial charge on any atom is 0.434 e. The van der Waals surface area contributed by atoms with Gasteiger partial charge in [0.1, 0.15) is 16.9 Å². The first-order valence-electron chi connectivity index (χ1n) is 5.05. The Morgan fingerprint density at radius 2 is 1.94 bits per heavy atom. The van der Waals surface area contributed by atoms with E-state index in [4.69, 9.17) is 4.42 Å². The number of aromatic nitrogens is 1. The number of fused-ring (bicyclic) bond motifs is 1. The molecule has 0 unspecified atom stereocenters. The van der Waals surface area contributed by atoms with Crippen LogP contribution >= 0.6 is 11.3 Å². The van der Waals surface area contributed by atoms with Gasteiger partial charge < -0.3 is 4.42 Å². The normalized spacial score (nSPS) is 12.2. The van der Waals surface area contributed by atoms with Crippen LogP contribution in [0.15, 0.2) is 40.3 Å². The van der Waals surface area contributed by atoms with Crippen LogP contribution in [0.2, 0.25) is 0 Å². The van der Waals surface area contributed by atoms with Gasteiger partial charge in [0.2, 0.25) is 0 Å². The Morgan fingerprint density at radius 1 is 1.17 bits per heavy atom. The van der Waals surface area contributed by atoms with Gasteiger partial charge in [0.15, 0.2) is 5.69 Å². The Kier molecular flexibility index (Phi) is 2.41.